The summed E-state index contributed by atoms with van der Waals surface area (Å²) >= 11 is 1.37. The number of hydrogen-bond acceptors (Lipinski definition) is 4. The van der Waals surface area contributed by atoms with Crippen molar-refractivity contribution in [2.45, 2.75) is 51.9 Å². The van der Waals surface area contributed by atoms with Crippen molar-refractivity contribution in [3.05, 3.63) is 40.9 Å². The maximum absolute atomic E-state index is 12.4. The Labute approximate surface area is 158 Å². The predicted octanol–water partition coefficient (Wildman–Crippen LogP) is 4.58. The summed E-state index contributed by atoms with van der Waals surface area (Å²) in [5, 5.41) is 8.27. The molecule has 0 unspecified atom stereocenters. The summed E-state index contributed by atoms with van der Waals surface area (Å²) in [6, 6.07) is 7.84. The number of hydrogen-bond donors (Lipinski definition) is 2. The maximum Gasteiger partial charge on any atom is 0.230 e. The van der Waals surface area contributed by atoms with Gasteiger partial charge in [0, 0.05) is 17.0 Å². The summed E-state index contributed by atoms with van der Waals surface area (Å²) in [4.78, 5) is 28.9. The number of aromatic nitrogens is 1. The van der Waals surface area contributed by atoms with Gasteiger partial charge in [-0.25, -0.2) is 4.98 Å². The van der Waals surface area contributed by atoms with E-state index >= 15 is 0 Å². The standard InChI is InChI=1S/C20H25N3O2S/c1-13(2)16-9-5-6-10-17(16)22-18(24)11-15-12-26-20(21-15)23-19(25)14-7-3-4-8-14/h5-6,9-10,12-14H,3-4,7-8,11H2,1-2H3,(H,22,24)(H,21,23,25). The van der Waals surface area contributed by atoms with Crippen LogP contribution in [0.1, 0.15) is 56.7 Å². The van der Waals surface area contributed by atoms with Crippen molar-refractivity contribution in [1.82, 2.24) is 4.98 Å². The van der Waals surface area contributed by atoms with E-state index in [1.54, 1.807) is 0 Å². The zero-order valence-corrected chi connectivity index (χ0v) is 16.1. The summed E-state index contributed by atoms with van der Waals surface area (Å²) in [5.41, 5.74) is 2.64. The fraction of sp³-hybridized carbons (Fsp3) is 0.450. The fourth-order valence-electron chi connectivity index (χ4n) is 3.31. The molecule has 1 saturated carbocycles. The van der Waals surface area contributed by atoms with E-state index in [0.29, 0.717) is 16.7 Å². The van der Waals surface area contributed by atoms with E-state index in [1.165, 1.54) is 11.3 Å². The van der Waals surface area contributed by atoms with E-state index in [2.05, 4.69) is 29.5 Å². The van der Waals surface area contributed by atoms with Gasteiger partial charge in [0.2, 0.25) is 11.8 Å². The molecule has 26 heavy (non-hydrogen) atoms. The van der Waals surface area contributed by atoms with Gasteiger partial charge in [-0.2, -0.15) is 0 Å². The Hall–Kier alpha value is -2.21. The lowest BCUT2D eigenvalue weighted by molar-refractivity contribution is -0.119. The first kappa shape index (κ1) is 18.6. The topological polar surface area (TPSA) is 71.1 Å². The van der Waals surface area contributed by atoms with Crippen LogP contribution in [0.3, 0.4) is 0 Å². The molecule has 1 aromatic carbocycles. The molecule has 6 heteroatoms. The molecule has 138 valence electrons. The van der Waals surface area contributed by atoms with E-state index in [-0.39, 0.29) is 24.2 Å². The molecule has 3 rings (SSSR count). The minimum atomic E-state index is -0.0999. The van der Waals surface area contributed by atoms with Gasteiger partial charge in [0.15, 0.2) is 5.13 Å². The normalized spacial score (nSPS) is 14.6. The number of thiazole rings is 1. The smallest absolute Gasteiger partial charge is 0.230 e. The highest BCUT2D eigenvalue weighted by molar-refractivity contribution is 7.13. The monoisotopic (exact) mass is 371 g/mol. The average molecular weight is 372 g/mol. The quantitative estimate of drug-likeness (QED) is 0.781. The molecular weight excluding hydrogens is 346 g/mol. The third kappa shape index (κ3) is 4.69. The van der Waals surface area contributed by atoms with Crippen molar-refractivity contribution in [2.75, 3.05) is 10.6 Å². The predicted molar refractivity (Wildman–Crippen MR) is 106 cm³/mol. The third-order valence-corrected chi connectivity index (χ3v) is 5.51. The van der Waals surface area contributed by atoms with Crippen LogP contribution in [0.15, 0.2) is 29.6 Å². The van der Waals surface area contributed by atoms with E-state index in [0.717, 1.165) is 36.9 Å². The van der Waals surface area contributed by atoms with Gasteiger partial charge in [-0.05, 0) is 30.4 Å². The molecule has 0 bridgehead atoms. The van der Waals surface area contributed by atoms with Crippen molar-refractivity contribution in [2.24, 2.45) is 5.92 Å². The lowest BCUT2D eigenvalue weighted by Gasteiger charge is -2.13. The third-order valence-electron chi connectivity index (χ3n) is 4.71. The number of anilines is 2. The number of para-hydroxylation sites is 1. The first-order valence-electron chi connectivity index (χ1n) is 9.17. The molecule has 0 saturated heterocycles. The minimum Gasteiger partial charge on any atom is -0.325 e. The van der Waals surface area contributed by atoms with Gasteiger partial charge in [0.1, 0.15) is 0 Å². The molecule has 0 spiro atoms. The number of nitrogens with zero attached hydrogens (tertiary/aromatic N) is 1. The average Bonchev–Trinajstić information content (AvgIpc) is 3.27. The first-order valence-corrected chi connectivity index (χ1v) is 10.0. The van der Waals surface area contributed by atoms with E-state index in [1.807, 2.05) is 29.6 Å². The van der Waals surface area contributed by atoms with Crippen LogP contribution >= 0.6 is 11.3 Å². The number of nitrogens with one attached hydrogen (secondary N) is 2. The van der Waals surface area contributed by atoms with Gasteiger partial charge in [0.05, 0.1) is 12.1 Å². The van der Waals surface area contributed by atoms with Crippen LogP contribution in [-0.4, -0.2) is 16.8 Å². The molecule has 0 atom stereocenters. The van der Waals surface area contributed by atoms with Gasteiger partial charge >= 0.3 is 0 Å². The van der Waals surface area contributed by atoms with E-state index in [4.69, 9.17) is 0 Å². The summed E-state index contributed by atoms with van der Waals surface area (Å²) < 4.78 is 0. The Morgan fingerprint density at radius 2 is 1.92 bits per heavy atom. The molecule has 2 aromatic rings. The molecule has 0 radical (unpaired) electrons. The summed E-state index contributed by atoms with van der Waals surface area (Å²) in [7, 11) is 0. The highest BCUT2D eigenvalue weighted by Crippen LogP contribution is 2.27. The minimum absolute atomic E-state index is 0.0544. The Kier molecular flexibility index (Phi) is 6.04. The number of benzene rings is 1. The number of amides is 2. The van der Waals surface area contributed by atoms with Crippen LogP contribution in [0.25, 0.3) is 0 Å². The largest absolute Gasteiger partial charge is 0.325 e. The van der Waals surface area contributed by atoms with Gasteiger partial charge in [-0.3, -0.25) is 9.59 Å². The number of carbonyl (C=O) groups is 2. The van der Waals surface area contributed by atoms with Crippen molar-refractivity contribution in [3.63, 3.8) is 0 Å². The zero-order chi connectivity index (χ0) is 18.5. The highest BCUT2D eigenvalue weighted by Gasteiger charge is 2.23. The molecule has 2 amide bonds. The maximum atomic E-state index is 12.4. The van der Waals surface area contributed by atoms with Crippen molar-refractivity contribution < 1.29 is 9.59 Å². The lowest BCUT2D eigenvalue weighted by Crippen LogP contribution is -2.20. The van der Waals surface area contributed by atoms with Crippen LogP contribution in [0, 0.1) is 5.92 Å². The molecule has 1 aliphatic rings. The van der Waals surface area contributed by atoms with E-state index < -0.39 is 0 Å². The second-order valence-electron chi connectivity index (χ2n) is 7.08. The molecule has 1 aliphatic carbocycles. The van der Waals surface area contributed by atoms with E-state index in [9.17, 15) is 9.59 Å². The first-order chi connectivity index (χ1) is 12.5. The summed E-state index contributed by atoms with van der Waals surface area (Å²) in [5.74, 6) is 0.400. The Balaban J connectivity index is 1.57. The number of carbonyl (C=O) groups excluding carboxylic acids is 2. The van der Waals surface area contributed by atoms with Crippen LogP contribution in [-0.2, 0) is 16.0 Å². The Bertz CT molecular complexity index is 779. The molecule has 1 fully saturated rings. The zero-order valence-electron chi connectivity index (χ0n) is 15.2. The highest BCUT2D eigenvalue weighted by atomic mass is 32.1. The second kappa shape index (κ2) is 8.45. The molecule has 5 nitrogen and oxygen atoms in total. The van der Waals surface area contributed by atoms with Crippen molar-refractivity contribution in [3.8, 4) is 0 Å². The SMILES string of the molecule is CC(C)c1ccccc1NC(=O)Cc1csc(NC(=O)C2CCCC2)n1. The lowest BCUT2D eigenvalue weighted by atomic mass is 10.0. The van der Waals surface area contributed by atoms with Crippen molar-refractivity contribution in [1.29, 1.82) is 0 Å². The van der Waals surface area contributed by atoms with Gasteiger partial charge in [-0.1, -0.05) is 44.9 Å². The second-order valence-corrected chi connectivity index (χ2v) is 7.94. The van der Waals surface area contributed by atoms with Crippen LogP contribution < -0.4 is 10.6 Å². The summed E-state index contributed by atoms with van der Waals surface area (Å²) in [6.45, 7) is 4.20. The molecule has 1 heterocycles. The Morgan fingerprint density at radius 1 is 1.19 bits per heavy atom. The Morgan fingerprint density at radius 3 is 2.65 bits per heavy atom. The summed E-state index contributed by atoms with van der Waals surface area (Å²) in [6.07, 6.45) is 4.37. The molecule has 2 N–H and O–H groups in total. The van der Waals surface area contributed by atoms with Crippen LogP contribution in [0.4, 0.5) is 10.8 Å². The van der Waals surface area contributed by atoms with Crippen LogP contribution in [0.2, 0.25) is 0 Å². The van der Waals surface area contributed by atoms with Crippen molar-refractivity contribution >= 4 is 34.0 Å². The van der Waals surface area contributed by atoms with Gasteiger partial charge in [0.25, 0.3) is 0 Å². The molecule has 0 aliphatic heterocycles. The molecule has 1 aromatic heterocycles. The van der Waals surface area contributed by atoms with Gasteiger partial charge in [-0.15, -0.1) is 11.3 Å². The molecular formula is C20H25N3O2S. The van der Waals surface area contributed by atoms with Gasteiger partial charge < -0.3 is 10.6 Å². The fourth-order valence-corrected chi connectivity index (χ4v) is 4.03. The van der Waals surface area contributed by atoms with Crippen LogP contribution in [0.5, 0.6) is 0 Å². The number of rotatable bonds is 6.